The maximum atomic E-state index is 13.0. The van der Waals surface area contributed by atoms with Gasteiger partial charge in [0.1, 0.15) is 0 Å². The van der Waals surface area contributed by atoms with Crippen LogP contribution in [0, 0.1) is 0 Å². The molecule has 1 aliphatic rings. The van der Waals surface area contributed by atoms with E-state index in [1.54, 1.807) is 6.08 Å². The Kier molecular flexibility index (Phi) is 5.27. The maximum absolute atomic E-state index is 13.0. The molecule has 3 aromatic carbocycles. The van der Waals surface area contributed by atoms with Gasteiger partial charge in [-0.25, -0.2) is 0 Å². The zero-order chi connectivity index (χ0) is 19.5. The highest BCUT2D eigenvalue weighted by Gasteiger charge is 2.36. The van der Waals surface area contributed by atoms with Crippen LogP contribution in [0.1, 0.15) is 22.7 Å². The Labute approximate surface area is 174 Å². The Bertz CT molecular complexity index is 1040. The molecular weight excluding hydrogens is 410 g/mol. The molecule has 28 heavy (non-hydrogen) atoms. The van der Waals surface area contributed by atoms with Crippen molar-refractivity contribution in [1.82, 2.24) is 4.90 Å². The van der Waals surface area contributed by atoms with E-state index in [2.05, 4.69) is 28.6 Å². The summed E-state index contributed by atoms with van der Waals surface area (Å²) in [5.74, 6) is 0.0108. The van der Waals surface area contributed by atoms with Gasteiger partial charge in [-0.15, -0.1) is 0 Å². The molecule has 3 aromatic rings. The van der Waals surface area contributed by atoms with E-state index in [4.69, 9.17) is 0 Å². The molecule has 1 heterocycles. The summed E-state index contributed by atoms with van der Waals surface area (Å²) in [7, 11) is 0. The molecule has 0 aromatic heterocycles. The molecule has 0 aliphatic carbocycles. The average Bonchev–Trinajstić information content (AvgIpc) is 3.05. The lowest BCUT2D eigenvalue weighted by atomic mass is 9.90. The first-order valence-corrected chi connectivity index (χ1v) is 9.99. The monoisotopic (exact) mass is 429 g/mol. The molecule has 0 saturated carbocycles. The number of halogens is 1. The summed E-state index contributed by atoms with van der Waals surface area (Å²) in [4.78, 5) is 14.9. The van der Waals surface area contributed by atoms with Crippen molar-refractivity contribution in [3.8, 4) is 0 Å². The van der Waals surface area contributed by atoms with Gasteiger partial charge in [-0.1, -0.05) is 101 Å². The minimum absolute atomic E-state index is 0.0108. The van der Waals surface area contributed by atoms with Crippen LogP contribution >= 0.6 is 15.9 Å². The number of rotatable bonds is 5. The summed E-state index contributed by atoms with van der Waals surface area (Å²) in [6.07, 6.45) is 1.74. The van der Waals surface area contributed by atoms with Crippen LogP contribution in [0.5, 0.6) is 0 Å². The summed E-state index contributed by atoms with van der Waals surface area (Å²) in [5.41, 5.74) is 5.02. The fourth-order valence-corrected chi connectivity index (χ4v) is 4.13. The van der Waals surface area contributed by atoms with Crippen molar-refractivity contribution in [2.24, 2.45) is 0 Å². The van der Waals surface area contributed by atoms with Gasteiger partial charge in [-0.3, -0.25) is 4.79 Å². The molecule has 1 atom stereocenters. The van der Waals surface area contributed by atoms with Gasteiger partial charge in [0.05, 0.1) is 6.04 Å². The van der Waals surface area contributed by atoms with Crippen molar-refractivity contribution < 1.29 is 4.79 Å². The predicted molar refractivity (Wildman–Crippen MR) is 117 cm³/mol. The Morgan fingerprint density at radius 2 is 1.50 bits per heavy atom. The van der Waals surface area contributed by atoms with Crippen LogP contribution in [0.25, 0.3) is 5.57 Å². The Morgan fingerprint density at radius 1 is 0.893 bits per heavy atom. The van der Waals surface area contributed by atoms with Crippen molar-refractivity contribution in [1.29, 1.82) is 0 Å². The van der Waals surface area contributed by atoms with Gasteiger partial charge < -0.3 is 4.90 Å². The minimum Gasteiger partial charge on any atom is -0.324 e. The summed E-state index contributed by atoms with van der Waals surface area (Å²) in [5, 5.41) is 0. The van der Waals surface area contributed by atoms with Crippen molar-refractivity contribution >= 4 is 27.4 Å². The predicted octanol–water partition coefficient (Wildman–Crippen LogP) is 6.17. The number of hydrogen-bond acceptors (Lipinski definition) is 1. The Morgan fingerprint density at radius 3 is 2.18 bits per heavy atom. The highest BCUT2D eigenvalue weighted by Crippen LogP contribution is 2.43. The number of amides is 1. The number of benzene rings is 3. The molecule has 1 amide bonds. The van der Waals surface area contributed by atoms with Gasteiger partial charge >= 0.3 is 0 Å². The van der Waals surface area contributed by atoms with Crippen LogP contribution in [0.4, 0.5) is 0 Å². The number of carbonyl (C=O) groups is 1. The summed E-state index contributed by atoms with van der Waals surface area (Å²) < 4.78 is 0.986. The zero-order valence-electron chi connectivity index (χ0n) is 15.4. The molecule has 0 bridgehead atoms. The van der Waals surface area contributed by atoms with E-state index in [0.717, 1.165) is 32.3 Å². The maximum Gasteiger partial charge on any atom is 0.248 e. The van der Waals surface area contributed by atoms with Crippen LogP contribution in [-0.4, -0.2) is 10.8 Å². The fourth-order valence-electron chi connectivity index (χ4n) is 3.63. The highest BCUT2D eigenvalue weighted by molar-refractivity contribution is 9.10. The van der Waals surface area contributed by atoms with E-state index in [9.17, 15) is 4.79 Å². The number of carbonyl (C=O) groups excluding carboxylic acids is 1. The quantitative estimate of drug-likeness (QED) is 0.474. The van der Waals surface area contributed by atoms with E-state index in [-0.39, 0.29) is 11.9 Å². The van der Waals surface area contributed by atoms with Crippen molar-refractivity contribution in [2.75, 3.05) is 0 Å². The normalized spacial score (nSPS) is 16.2. The molecule has 138 valence electrons. The molecule has 0 N–H and O–H groups in total. The Hall–Kier alpha value is -2.91. The molecule has 0 fully saturated rings. The van der Waals surface area contributed by atoms with Crippen LogP contribution in [0.2, 0.25) is 0 Å². The fraction of sp³-hybridized carbons (Fsp3) is 0.0800. The number of hydrogen-bond donors (Lipinski definition) is 0. The molecule has 0 radical (unpaired) electrons. The van der Waals surface area contributed by atoms with Crippen LogP contribution in [0.3, 0.4) is 0 Å². The second-order valence-corrected chi connectivity index (χ2v) is 7.67. The molecule has 4 rings (SSSR count). The van der Waals surface area contributed by atoms with Gasteiger partial charge in [-0.2, -0.15) is 0 Å². The zero-order valence-corrected chi connectivity index (χ0v) is 17.0. The molecule has 3 heteroatoms. The molecule has 2 nitrogen and oxygen atoms in total. The third kappa shape index (κ3) is 3.58. The van der Waals surface area contributed by atoms with Crippen molar-refractivity contribution in [3.63, 3.8) is 0 Å². The van der Waals surface area contributed by atoms with Gasteiger partial charge in [-0.05, 0) is 33.9 Å². The lowest BCUT2D eigenvalue weighted by molar-refractivity contribution is -0.126. The van der Waals surface area contributed by atoms with Gasteiger partial charge in [0.2, 0.25) is 5.91 Å². The largest absolute Gasteiger partial charge is 0.324 e. The van der Waals surface area contributed by atoms with Crippen LogP contribution in [-0.2, 0) is 11.3 Å². The SMILES string of the molecule is C=C(C1=CC(=O)N(Cc2ccccc2)C1c1ccccc1Br)c1ccccc1. The second-order valence-electron chi connectivity index (χ2n) is 6.82. The topological polar surface area (TPSA) is 20.3 Å². The number of nitrogens with zero attached hydrogens (tertiary/aromatic N) is 1. The van der Waals surface area contributed by atoms with Gasteiger partial charge in [0, 0.05) is 17.1 Å². The molecule has 0 saturated heterocycles. The molecule has 1 aliphatic heterocycles. The van der Waals surface area contributed by atoms with E-state index in [0.29, 0.717) is 6.54 Å². The average molecular weight is 430 g/mol. The summed E-state index contributed by atoms with van der Waals surface area (Å²) in [6, 6.07) is 28.0. The summed E-state index contributed by atoms with van der Waals surface area (Å²) >= 11 is 3.68. The smallest absolute Gasteiger partial charge is 0.248 e. The first-order chi connectivity index (χ1) is 13.6. The van der Waals surface area contributed by atoms with E-state index < -0.39 is 0 Å². The van der Waals surface area contributed by atoms with Crippen molar-refractivity contribution in [2.45, 2.75) is 12.6 Å². The van der Waals surface area contributed by atoms with E-state index >= 15 is 0 Å². The standard InChI is InChI=1S/C25H20BrNO/c1-18(20-12-6-3-7-13-20)22-16-24(28)27(17-19-10-4-2-5-11-19)25(22)21-14-8-9-15-23(21)26/h2-16,25H,1,17H2. The van der Waals surface area contributed by atoms with Crippen molar-refractivity contribution in [3.05, 3.63) is 124 Å². The first-order valence-electron chi connectivity index (χ1n) is 9.20. The third-order valence-corrected chi connectivity index (χ3v) is 5.76. The lowest BCUT2D eigenvalue weighted by Crippen LogP contribution is -2.29. The van der Waals surface area contributed by atoms with Gasteiger partial charge in [0.25, 0.3) is 0 Å². The summed E-state index contributed by atoms with van der Waals surface area (Å²) in [6.45, 7) is 4.88. The van der Waals surface area contributed by atoms with Crippen LogP contribution in [0.15, 0.2) is 108 Å². The first kappa shape index (κ1) is 18.5. The molecule has 0 spiro atoms. The van der Waals surface area contributed by atoms with E-state index in [1.807, 2.05) is 83.8 Å². The second kappa shape index (κ2) is 7.99. The Balaban J connectivity index is 1.77. The third-order valence-electron chi connectivity index (χ3n) is 5.03. The highest BCUT2D eigenvalue weighted by atomic mass is 79.9. The molecular formula is C25H20BrNO. The molecule has 1 unspecified atom stereocenters. The van der Waals surface area contributed by atoms with Crippen LogP contribution < -0.4 is 0 Å². The lowest BCUT2D eigenvalue weighted by Gasteiger charge is -2.29. The van der Waals surface area contributed by atoms with E-state index in [1.165, 1.54) is 0 Å². The minimum atomic E-state index is -0.184. The van der Waals surface area contributed by atoms with Gasteiger partial charge in [0.15, 0.2) is 0 Å².